The molecule has 0 atom stereocenters. The summed E-state index contributed by atoms with van der Waals surface area (Å²) in [4.78, 5) is 0. The van der Waals surface area contributed by atoms with Gasteiger partial charge in [-0.2, -0.15) is 0 Å². The highest BCUT2D eigenvalue weighted by atomic mass is 32.2. The highest BCUT2D eigenvalue weighted by Crippen LogP contribution is 2.32. The zero-order valence-electron chi connectivity index (χ0n) is 11.3. The molecule has 2 N–H and O–H groups in total. The van der Waals surface area contributed by atoms with Crippen molar-refractivity contribution in [1.82, 2.24) is 0 Å². The number of benzene rings is 1. The summed E-state index contributed by atoms with van der Waals surface area (Å²) in [6, 6.07) is 2.40. The highest BCUT2D eigenvalue weighted by molar-refractivity contribution is 7.85. The van der Waals surface area contributed by atoms with Crippen LogP contribution in [-0.2, 0) is 16.7 Å². The second-order valence-corrected chi connectivity index (χ2v) is 6.86. The van der Waals surface area contributed by atoms with Crippen molar-refractivity contribution >= 4 is 10.1 Å². The molecule has 0 radical (unpaired) electrons. The van der Waals surface area contributed by atoms with Gasteiger partial charge in [-0.15, -0.1) is 0 Å². The average molecular weight is 307 g/mol. The maximum absolute atomic E-state index is 13.0. The fourth-order valence-electron chi connectivity index (χ4n) is 1.93. The first-order chi connectivity index (χ1) is 9.02. The predicted molar refractivity (Wildman–Crippen MR) is 69.6 cm³/mol. The molecule has 6 nitrogen and oxygen atoms in total. The first-order valence-corrected chi connectivity index (χ1v) is 7.54. The Bertz CT molecular complexity index is 586. The van der Waals surface area contributed by atoms with Gasteiger partial charge in [-0.1, -0.05) is 0 Å². The second-order valence-electron chi connectivity index (χ2n) is 5.34. The Balaban J connectivity index is 2.74. The Kier molecular flexibility index (Phi) is 4.95. The fourth-order valence-corrected chi connectivity index (χ4v) is 2.42. The third-order valence-electron chi connectivity index (χ3n) is 2.94. The van der Waals surface area contributed by atoms with Gasteiger partial charge in [0.1, 0.15) is 6.54 Å². The fraction of sp³-hybridized carbons (Fsp3) is 0.500. The number of phenols is 2. The molecule has 1 aromatic carbocycles. The minimum absolute atomic E-state index is 0.187. The Morgan fingerprint density at radius 1 is 1.25 bits per heavy atom. The third-order valence-corrected chi connectivity index (χ3v) is 3.73. The summed E-state index contributed by atoms with van der Waals surface area (Å²) >= 11 is 0. The van der Waals surface area contributed by atoms with Crippen molar-refractivity contribution in [2.75, 3.05) is 26.4 Å². The Labute approximate surface area is 117 Å². The van der Waals surface area contributed by atoms with Gasteiger partial charge in [0.25, 0.3) is 0 Å². The van der Waals surface area contributed by atoms with Gasteiger partial charge >= 0.3 is 0 Å². The van der Waals surface area contributed by atoms with Crippen LogP contribution < -0.4 is 0 Å². The van der Waals surface area contributed by atoms with Gasteiger partial charge in [-0.3, -0.25) is 0 Å². The standard InChI is InChI=1S/C12H18FNO5S/c1-14(2,6-3-7-20(17,18)19)8-9-4-5-10(13)12(16)11(9)15/h4-5H,3,6-8H2,1-2H3,(H2-,15,16,17,18,19). The van der Waals surface area contributed by atoms with E-state index in [0.29, 0.717) is 12.1 Å². The largest absolute Gasteiger partial charge is 0.748 e. The number of halogens is 1. The lowest BCUT2D eigenvalue weighted by atomic mass is 10.1. The molecule has 0 saturated heterocycles. The minimum atomic E-state index is -4.24. The molecule has 0 amide bonds. The monoisotopic (exact) mass is 307 g/mol. The van der Waals surface area contributed by atoms with Crippen LogP contribution in [0.4, 0.5) is 4.39 Å². The summed E-state index contributed by atoms with van der Waals surface area (Å²) in [5, 5.41) is 19.0. The first kappa shape index (κ1) is 16.7. The summed E-state index contributed by atoms with van der Waals surface area (Å²) in [6.07, 6.45) is 0.187. The third kappa shape index (κ3) is 4.95. The molecule has 0 fully saturated rings. The lowest BCUT2D eigenvalue weighted by molar-refractivity contribution is -0.903. The molecule has 0 unspecified atom stereocenters. The summed E-state index contributed by atoms with van der Waals surface area (Å²) in [7, 11) is -0.689. The number of hydrogen-bond donors (Lipinski definition) is 2. The normalized spacial score (nSPS) is 12.6. The lowest BCUT2D eigenvalue weighted by Crippen LogP contribution is -2.40. The van der Waals surface area contributed by atoms with E-state index < -0.39 is 33.2 Å². The van der Waals surface area contributed by atoms with Gasteiger partial charge in [0.15, 0.2) is 17.3 Å². The molecular weight excluding hydrogens is 289 g/mol. The smallest absolute Gasteiger partial charge is 0.194 e. The lowest BCUT2D eigenvalue weighted by Gasteiger charge is -2.30. The molecular formula is C12H18FNO5S. The van der Waals surface area contributed by atoms with Gasteiger partial charge in [0.2, 0.25) is 0 Å². The van der Waals surface area contributed by atoms with Crippen LogP contribution in [0.1, 0.15) is 12.0 Å². The molecule has 0 aliphatic carbocycles. The van der Waals surface area contributed by atoms with Crippen LogP contribution in [0.5, 0.6) is 11.5 Å². The van der Waals surface area contributed by atoms with E-state index in [0.717, 1.165) is 6.07 Å². The second kappa shape index (κ2) is 5.94. The van der Waals surface area contributed by atoms with Gasteiger partial charge in [-0.05, 0) is 12.1 Å². The van der Waals surface area contributed by atoms with E-state index in [-0.39, 0.29) is 17.4 Å². The Morgan fingerprint density at radius 3 is 2.40 bits per heavy atom. The van der Waals surface area contributed by atoms with Crippen LogP contribution in [0.15, 0.2) is 12.1 Å². The summed E-state index contributed by atoms with van der Waals surface area (Å²) in [5.41, 5.74) is 0.346. The molecule has 0 aliphatic heterocycles. The summed E-state index contributed by atoms with van der Waals surface area (Å²) in [5.74, 6) is -2.68. The molecule has 0 aliphatic rings. The highest BCUT2D eigenvalue weighted by Gasteiger charge is 2.21. The maximum atomic E-state index is 13.0. The molecule has 0 aromatic heterocycles. The van der Waals surface area contributed by atoms with Crippen molar-refractivity contribution in [1.29, 1.82) is 0 Å². The van der Waals surface area contributed by atoms with Gasteiger partial charge in [0, 0.05) is 12.2 Å². The molecule has 1 aromatic rings. The first-order valence-electron chi connectivity index (χ1n) is 5.97. The van der Waals surface area contributed by atoms with E-state index in [1.165, 1.54) is 6.07 Å². The van der Waals surface area contributed by atoms with Crippen molar-refractivity contribution in [2.45, 2.75) is 13.0 Å². The number of nitrogens with zero attached hydrogens (tertiary/aromatic N) is 1. The predicted octanol–water partition coefficient (Wildman–Crippen LogP) is 0.749. The van der Waals surface area contributed by atoms with Crippen LogP contribution in [0.2, 0.25) is 0 Å². The minimum Gasteiger partial charge on any atom is -0.748 e. The Hall–Kier alpha value is -1.38. The van der Waals surface area contributed by atoms with Gasteiger partial charge in [0.05, 0.1) is 36.3 Å². The average Bonchev–Trinajstić information content (AvgIpc) is 2.28. The number of hydrogen-bond acceptors (Lipinski definition) is 5. The quantitative estimate of drug-likeness (QED) is 0.459. The van der Waals surface area contributed by atoms with Crippen molar-refractivity contribution in [3.05, 3.63) is 23.5 Å². The molecule has 0 spiro atoms. The summed E-state index contributed by atoms with van der Waals surface area (Å²) in [6.45, 7) is 0.650. The van der Waals surface area contributed by atoms with Crippen molar-refractivity contribution in [3.63, 3.8) is 0 Å². The molecule has 0 saturated carbocycles. The van der Waals surface area contributed by atoms with Crippen molar-refractivity contribution in [3.8, 4) is 11.5 Å². The van der Waals surface area contributed by atoms with Crippen LogP contribution >= 0.6 is 0 Å². The van der Waals surface area contributed by atoms with Gasteiger partial charge in [-0.25, -0.2) is 12.8 Å². The number of quaternary nitrogens is 1. The molecule has 0 bridgehead atoms. The van der Waals surface area contributed by atoms with Crippen LogP contribution in [0, 0.1) is 5.82 Å². The topological polar surface area (TPSA) is 97.7 Å². The maximum Gasteiger partial charge on any atom is 0.194 e. The zero-order valence-corrected chi connectivity index (χ0v) is 12.2. The molecule has 8 heteroatoms. The zero-order chi connectivity index (χ0) is 15.6. The summed E-state index contributed by atoms with van der Waals surface area (Å²) < 4.78 is 44.9. The SMILES string of the molecule is C[N+](C)(CCCS(=O)(=O)[O-])Cc1ccc(F)c(O)c1O. The van der Waals surface area contributed by atoms with Crippen LogP contribution in [0.25, 0.3) is 0 Å². The van der Waals surface area contributed by atoms with E-state index in [4.69, 9.17) is 0 Å². The van der Waals surface area contributed by atoms with Crippen molar-refractivity contribution < 1.29 is 32.1 Å². The molecule has 0 heterocycles. The van der Waals surface area contributed by atoms with Crippen LogP contribution in [-0.4, -0.2) is 54.1 Å². The van der Waals surface area contributed by atoms with E-state index in [2.05, 4.69) is 0 Å². The number of aromatic hydroxyl groups is 2. The molecule has 1 rings (SSSR count). The van der Waals surface area contributed by atoms with Crippen molar-refractivity contribution in [2.24, 2.45) is 0 Å². The number of phenolic OH excluding ortho intramolecular Hbond substituents is 2. The van der Waals surface area contributed by atoms with E-state index in [1.807, 2.05) is 0 Å². The van der Waals surface area contributed by atoms with E-state index in [9.17, 15) is 27.6 Å². The Morgan fingerprint density at radius 2 is 1.85 bits per heavy atom. The van der Waals surface area contributed by atoms with Gasteiger partial charge < -0.3 is 19.2 Å². The number of rotatable bonds is 6. The molecule has 114 valence electrons. The van der Waals surface area contributed by atoms with E-state index in [1.54, 1.807) is 14.1 Å². The van der Waals surface area contributed by atoms with Crippen LogP contribution in [0.3, 0.4) is 0 Å². The van der Waals surface area contributed by atoms with E-state index >= 15 is 0 Å². The molecule has 20 heavy (non-hydrogen) atoms.